The van der Waals surface area contributed by atoms with Crippen LogP contribution < -0.4 is 9.62 Å². The average Bonchev–Trinajstić information content (AvgIpc) is 3.20. The predicted octanol–water partition coefficient (Wildman–Crippen LogP) is 5.14. The van der Waals surface area contributed by atoms with Crippen molar-refractivity contribution in [2.24, 2.45) is 0 Å². The summed E-state index contributed by atoms with van der Waals surface area (Å²) in [6.45, 7) is 5.32. The number of thioether (sulfide) groups is 1. The minimum Gasteiger partial charge on any atom is -0.299 e. The molecule has 0 saturated heterocycles. The Kier molecular flexibility index (Phi) is 8.16. The van der Waals surface area contributed by atoms with Gasteiger partial charge < -0.3 is 0 Å². The maximum atomic E-state index is 13.4. The fraction of sp³-hybridized carbons (Fsp3) is 0.286. The number of anilines is 2. The molecule has 0 radical (unpaired) electrons. The first-order chi connectivity index (χ1) is 15.2. The first-order valence-corrected chi connectivity index (χ1v) is 13.4. The first kappa shape index (κ1) is 24.5. The fourth-order valence-electron chi connectivity index (χ4n) is 2.69. The summed E-state index contributed by atoms with van der Waals surface area (Å²) in [5.74, 6) is 0.375. The van der Waals surface area contributed by atoms with Gasteiger partial charge in [0.25, 0.3) is 10.0 Å². The number of rotatable bonds is 9. The Morgan fingerprint density at radius 1 is 1.16 bits per heavy atom. The summed E-state index contributed by atoms with van der Waals surface area (Å²) in [5, 5.41) is 11.4. The third kappa shape index (κ3) is 6.00. The number of halogens is 1. The Bertz CT molecular complexity index is 1200. The first-order valence-electron chi connectivity index (χ1n) is 9.82. The number of aryl methyl sites for hydroxylation is 2. The number of hydrogen-bond acceptors (Lipinski definition) is 7. The van der Waals surface area contributed by atoms with Crippen LogP contribution in [0, 0.1) is 13.8 Å². The van der Waals surface area contributed by atoms with Crippen LogP contribution in [-0.4, -0.2) is 36.8 Å². The molecule has 1 aromatic heterocycles. The van der Waals surface area contributed by atoms with Gasteiger partial charge in [-0.3, -0.25) is 14.4 Å². The zero-order valence-corrected chi connectivity index (χ0v) is 21.0. The molecule has 170 valence electrons. The zero-order chi connectivity index (χ0) is 23.3. The largest absolute Gasteiger partial charge is 0.299 e. The lowest BCUT2D eigenvalue weighted by Crippen LogP contribution is -2.38. The fourth-order valence-corrected chi connectivity index (χ4v) is 5.97. The molecule has 1 heterocycles. The number of nitrogens with one attached hydrogen (secondary N) is 1. The summed E-state index contributed by atoms with van der Waals surface area (Å²) < 4.78 is 28.6. The second-order valence-electron chi connectivity index (χ2n) is 7.03. The Hall–Kier alpha value is -2.14. The number of nitrogens with zero attached hydrogens (tertiary/aromatic N) is 3. The van der Waals surface area contributed by atoms with E-state index in [1.165, 1.54) is 23.5 Å². The summed E-state index contributed by atoms with van der Waals surface area (Å²) in [7, 11) is -4.02. The van der Waals surface area contributed by atoms with E-state index >= 15 is 0 Å². The van der Waals surface area contributed by atoms with Crippen LogP contribution in [0.2, 0.25) is 5.02 Å². The number of benzene rings is 2. The van der Waals surface area contributed by atoms with Crippen molar-refractivity contribution < 1.29 is 13.2 Å². The summed E-state index contributed by atoms with van der Waals surface area (Å²) >= 11 is 9.06. The normalized spacial score (nSPS) is 11.4. The number of sulfonamides is 1. The molecule has 2 aromatic carbocycles. The van der Waals surface area contributed by atoms with Crippen LogP contribution in [0.4, 0.5) is 10.8 Å². The molecule has 7 nitrogen and oxygen atoms in total. The van der Waals surface area contributed by atoms with E-state index in [4.69, 9.17) is 11.6 Å². The van der Waals surface area contributed by atoms with Gasteiger partial charge in [0, 0.05) is 10.8 Å². The van der Waals surface area contributed by atoms with Gasteiger partial charge in [0.15, 0.2) is 4.34 Å². The van der Waals surface area contributed by atoms with Crippen LogP contribution in [0.1, 0.15) is 24.5 Å². The lowest BCUT2D eigenvalue weighted by Gasteiger charge is -2.24. The van der Waals surface area contributed by atoms with Crippen molar-refractivity contribution in [2.45, 2.75) is 36.4 Å². The molecular weight excluding hydrogens is 488 g/mol. The van der Waals surface area contributed by atoms with E-state index in [2.05, 4.69) is 22.4 Å². The summed E-state index contributed by atoms with van der Waals surface area (Å²) in [6, 6.07) is 11.4. The molecule has 0 fully saturated rings. The standard InChI is InChI=1S/C21H23ClN4O3S3/c1-4-11-30-21-25-24-20(31-21)23-19(27)13-26(16-8-7-15(3)18(22)12-16)32(28,29)17-9-5-14(2)6-10-17/h5-10,12H,4,11,13H2,1-3H3,(H,23,24,27). The second-order valence-corrected chi connectivity index (χ2v) is 11.6. The van der Waals surface area contributed by atoms with Crippen molar-refractivity contribution in [3.05, 3.63) is 58.6 Å². The van der Waals surface area contributed by atoms with E-state index in [-0.39, 0.29) is 4.90 Å². The summed E-state index contributed by atoms with van der Waals surface area (Å²) in [4.78, 5) is 12.9. The molecule has 3 rings (SSSR count). The zero-order valence-electron chi connectivity index (χ0n) is 17.8. The predicted molar refractivity (Wildman–Crippen MR) is 131 cm³/mol. The molecule has 0 atom stereocenters. The van der Waals surface area contributed by atoms with Gasteiger partial charge in [-0.25, -0.2) is 8.42 Å². The molecule has 11 heteroatoms. The molecule has 0 aliphatic heterocycles. The van der Waals surface area contributed by atoms with Gasteiger partial charge in [-0.2, -0.15) is 0 Å². The smallest absolute Gasteiger partial charge is 0.264 e. The van der Waals surface area contributed by atoms with E-state index in [9.17, 15) is 13.2 Å². The number of carbonyl (C=O) groups is 1. The molecule has 32 heavy (non-hydrogen) atoms. The van der Waals surface area contributed by atoms with Crippen molar-refractivity contribution in [1.82, 2.24) is 10.2 Å². The molecular formula is C21H23ClN4O3S3. The molecule has 3 aromatic rings. The monoisotopic (exact) mass is 510 g/mol. The number of amides is 1. The van der Waals surface area contributed by atoms with Crippen LogP contribution in [-0.2, 0) is 14.8 Å². The SMILES string of the molecule is CCCSc1nnc(NC(=O)CN(c2ccc(C)c(Cl)c2)S(=O)(=O)c2ccc(C)cc2)s1. The highest BCUT2D eigenvalue weighted by atomic mass is 35.5. The minimum absolute atomic E-state index is 0.0850. The van der Waals surface area contributed by atoms with Gasteiger partial charge in [0.05, 0.1) is 10.6 Å². The number of aromatic nitrogens is 2. The van der Waals surface area contributed by atoms with Gasteiger partial charge in [-0.05, 0) is 50.1 Å². The van der Waals surface area contributed by atoms with Crippen molar-refractivity contribution >= 4 is 61.4 Å². The van der Waals surface area contributed by atoms with Crippen LogP contribution in [0.3, 0.4) is 0 Å². The second kappa shape index (κ2) is 10.7. The molecule has 0 aliphatic carbocycles. The van der Waals surface area contributed by atoms with Gasteiger partial charge >= 0.3 is 0 Å². The number of carbonyl (C=O) groups excluding carboxylic acids is 1. The van der Waals surface area contributed by atoms with Crippen molar-refractivity contribution in [3.63, 3.8) is 0 Å². The maximum Gasteiger partial charge on any atom is 0.264 e. The summed E-state index contributed by atoms with van der Waals surface area (Å²) in [5.41, 5.74) is 2.03. The number of hydrogen-bond donors (Lipinski definition) is 1. The van der Waals surface area contributed by atoms with Gasteiger partial charge in [0.1, 0.15) is 6.54 Å². The molecule has 0 aliphatic rings. The molecule has 1 N–H and O–H groups in total. The van der Waals surface area contributed by atoms with Gasteiger partial charge in [-0.15, -0.1) is 10.2 Å². The van der Waals surface area contributed by atoms with E-state index in [0.29, 0.717) is 15.8 Å². The highest BCUT2D eigenvalue weighted by Gasteiger charge is 2.28. The van der Waals surface area contributed by atoms with E-state index in [0.717, 1.165) is 31.9 Å². The molecule has 0 bridgehead atoms. The van der Waals surface area contributed by atoms with Crippen molar-refractivity contribution in [1.29, 1.82) is 0 Å². The van der Waals surface area contributed by atoms with E-state index in [1.807, 2.05) is 13.8 Å². The lowest BCUT2D eigenvalue weighted by atomic mass is 10.2. The summed E-state index contributed by atoms with van der Waals surface area (Å²) in [6.07, 6.45) is 0.997. The lowest BCUT2D eigenvalue weighted by molar-refractivity contribution is -0.114. The van der Waals surface area contributed by atoms with Gasteiger partial charge in [-0.1, -0.05) is 65.4 Å². The maximum absolute atomic E-state index is 13.4. The molecule has 0 unspecified atom stereocenters. The van der Waals surface area contributed by atoms with E-state index in [1.54, 1.807) is 42.1 Å². The Labute approximate surface area is 201 Å². The topological polar surface area (TPSA) is 92.3 Å². The van der Waals surface area contributed by atoms with Crippen molar-refractivity contribution in [3.8, 4) is 0 Å². The highest BCUT2D eigenvalue weighted by molar-refractivity contribution is 8.01. The highest BCUT2D eigenvalue weighted by Crippen LogP contribution is 2.29. The van der Waals surface area contributed by atoms with Crippen LogP contribution in [0.25, 0.3) is 0 Å². The Balaban J connectivity index is 1.88. The van der Waals surface area contributed by atoms with Crippen LogP contribution in [0.5, 0.6) is 0 Å². The minimum atomic E-state index is -4.02. The van der Waals surface area contributed by atoms with Crippen LogP contribution in [0.15, 0.2) is 51.7 Å². The Morgan fingerprint density at radius 3 is 2.53 bits per heavy atom. The molecule has 0 spiro atoms. The molecule has 1 amide bonds. The quantitative estimate of drug-likeness (QED) is 0.316. The molecule has 0 saturated carbocycles. The van der Waals surface area contributed by atoms with Gasteiger partial charge in [0.2, 0.25) is 11.0 Å². The van der Waals surface area contributed by atoms with Crippen molar-refractivity contribution in [2.75, 3.05) is 21.9 Å². The third-order valence-electron chi connectivity index (χ3n) is 4.42. The Morgan fingerprint density at radius 2 is 1.88 bits per heavy atom. The van der Waals surface area contributed by atoms with E-state index < -0.39 is 22.5 Å². The average molecular weight is 511 g/mol. The third-order valence-corrected chi connectivity index (χ3v) is 8.80. The van der Waals surface area contributed by atoms with Crippen LogP contribution >= 0.6 is 34.7 Å².